The van der Waals surface area contributed by atoms with E-state index in [2.05, 4.69) is 24.1 Å². The molecule has 1 N–H and O–H groups in total. The number of rotatable bonds is 2. The Labute approximate surface area is 122 Å². The third-order valence-electron chi connectivity index (χ3n) is 5.60. The molecule has 1 saturated carbocycles. The zero-order chi connectivity index (χ0) is 12.8. The number of nitrogens with zero attached hydrogens (tertiary/aromatic N) is 1. The maximum Gasteiger partial charge on any atom is 0.226 e. The van der Waals surface area contributed by atoms with Crippen molar-refractivity contribution in [2.24, 2.45) is 11.3 Å². The van der Waals surface area contributed by atoms with Gasteiger partial charge in [0.25, 0.3) is 0 Å². The Morgan fingerprint density at radius 2 is 2.00 bits per heavy atom. The average molecular weight is 287 g/mol. The summed E-state index contributed by atoms with van der Waals surface area (Å²) >= 11 is 0. The van der Waals surface area contributed by atoms with Crippen LogP contribution in [-0.2, 0) is 4.79 Å². The highest BCUT2D eigenvalue weighted by Crippen LogP contribution is 2.59. The maximum absolute atomic E-state index is 12.8. The first-order valence-corrected chi connectivity index (χ1v) is 7.71. The molecule has 0 aromatic carbocycles. The van der Waals surface area contributed by atoms with E-state index in [1.807, 2.05) is 0 Å². The molecule has 3 aliphatic rings. The molecule has 3 fully saturated rings. The van der Waals surface area contributed by atoms with Crippen LogP contribution in [0.1, 0.15) is 52.4 Å². The van der Waals surface area contributed by atoms with Crippen LogP contribution < -0.4 is 5.32 Å². The standard InChI is InChI=1S/C15H26N2O.ClH/c1-3-12-5-4-11(2)17(12)14(18)13-10-15(13)6-8-16-9-7-15;/h11-13,16H,3-10H2,1-2H3;1H. The van der Waals surface area contributed by atoms with Crippen LogP contribution in [-0.4, -0.2) is 36.0 Å². The molecule has 0 radical (unpaired) electrons. The first-order chi connectivity index (χ1) is 8.68. The molecule has 1 aliphatic carbocycles. The summed E-state index contributed by atoms with van der Waals surface area (Å²) < 4.78 is 0. The zero-order valence-corrected chi connectivity index (χ0v) is 13.0. The van der Waals surface area contributed by atoms with Gasteiger partial charge in [-0.05, 0) is 64.0 Å². The van der Waals surface area contributed by atoms with Gasteiger partial charge < -0.3 is 10.2 Å². The fourth-order valence-electron chi connectivity index (χ4n) is 4.22. The minimum absolute atomic E-state index is 0. The highest BCUT2D eigenvalue weighted by Gasteiger charge is 2.59. The molecule has 2 saturated heterocycles. The van der Waals surface area contributed by atoms with Gasteiger partial charge in [-0.25, -0.2) is 0 Å². The van der Waals surface area contributed by atoms with Crippen LogP contribution in [0.3, 0.4) is 0 Å². The van der Waals surface area contributed by atoms with Crippen molar-refractivity contribution in [2.75, 3.05) is 13.1 Å². The Balaban J connectivity index is 0.00000133. The van der Waals surface area contributed by atoms with Crippen molar-refractivity contribution in [3.63, 3.8) is 0 Å². The molecule has 2 heterocycles. The van der Waals surface area contributed by atoms with Gasteiger partial charge in [0.05, 0.1) is 0 Å². The van der Waals surface area contributed by atoms with Crippen LogP contribution in [0.25, 0.3) is 0 Å². The molecule has 4 heteroatoms. The summed E-state index contributed by atoms with van der Waals surface area (Å²) in [6.45, 7) is 6.66. The minimum atomic E-state index is 0. The van der Waals surface area contributed by atoms with E-state index in [9.17, 15) is 4.79 Å². The Kier molecular flexibility index (Phi) is 4.46. The van der Waals surface area contributed by atoms with Crippen molar-refractivity contribution in [3.8, 4) is 0 Å². The summed E-state index contributed by atoms with van der Waals surface area (Å²) in [4.78, 5) is 15.0. The summed E-state index contributed by atoms with van der Waals surface area (Å²) in [5.74, 6) is 0.836. The molecule has 0 aromatic rings. The third-order valence-corrected chi connectivity index (χ3v) is 5.60. The number of halogens is 1. The topological polar surface area (TPSA) is 32.3 Å². The molecule has 0 bridgehead atoms. The number of hydrogen-bond donors (Lipinski definition) is 1. The van der Waals surface area contributed by atoms with Gasteiger partial charge in [-0.1, -0.05) is 6.92 Å². The van der Waals surface area contributed by atoms with E-state index >= 15 is 0 Å². The SMILES string of the molecule is CCC1CCC(C)N1C(=O)C1CC12CCNCC2.Cl. The molecule has 0 aromatic heterocycles. The number of hydrogen-bond acceptors (Lipinski definition) is 2. The first-order valence-electron chi connectivity index (χ1n) is 7.71. The molecular weight excluding hydrogens is 260 g/mol. The lowest BCUT2D eigenvalue weighted by atomic mass is 9.91. The van der Waals surface area contributed by atoms with Crippen molar-refractivity contribution >= 4 is 18.3 Å². The van der Waals surface area contributed by atoms with Crippen LogP contribution >= 0.6 is 12.4 Å². The van der Waals surface area contributed by atoms with Gasteiger partial charge >= 0.3 is 0 Å². The van der Waals surface area contributed by atoms with Gasteiger partial charge in [0.15, 0.2) is 0 Å². The second kappa shape index (κ2) is 5.61. The molecule has 110 valence electrons. The van der Waals surface area contributed by atoms with Crippen molar-refractivity contribution in [3.05, 3.63) is 0 Å². The molecule has 3 unspecified atom stereocenters. The van der Waals surface area contributed by atoms with E-state index in [1.165, 1.54) is 25.7 Å². The molecule has 1 spiro atoms. The van der Waals surface area contributed by atoms with Crippen LogP contribution in [0.4, 0.5) is 0 Å². The minimum Gasteiger partial charge on any atom is -0.337 e. The van der Waals surface area contributed by atoms with E-state index < -0.39 is 0 Å². The predicted octanol–water partition coefficient (Wildman–Crippen LogP) is 2.59. The normalized spacial score (nSPS) is 36.1. The monoisotopic (exact) mass is 286 g/mol. The summed E-state index contributed by atoms with van der Waals surface area (Å²) in [5, 5.41) is 3.41. The summed E-state index contributed by atoms with van der Waals surface area (Å²) in [7, 11) is 0. The third kappa shape index (κ3) is 2.52. The number of carbonyl (C=O) groups excluding carboxylic acids is 1. The second-order valence-corrected chi connectivity index (χ2v) is 6.60. The quantitative estimate of drug-likeness (QED) is 0.846. The van der Waals surface area contributed by atoms with Crippen molar-refractivity contribution in [2.45, 2.75) is 64.5 Å². The Bertz CT molecular complexity index is 341. The number of piperidine rings is 1. The van der Waals surface area contributed by atoms with E-state index in [1.54, 1.807) is 0 Å². The Morgan fingerprint density at radius 3 is 2.63 bits per heavy atom. The fourth-order valence-corrected chi connectivity index (χ4v) is 4.22. The summed E-state index contributed by atoms with van der Waals surface area (Å²) in [5.41, 5.74) is 0.392. The van der Waals surface area contributed by atoms with Gasteiger partial charge in [0, 0.05) is 18.0 Å². The van der Waals surface area contributed by atoms with Crippen molar-refractivity contribution in [1.29, 1.82) is 0 Å². The number of nitrogens with one attached hydrogen (secondary N) is 1. The lowest BCUT2D eigenvalue weighted by Gasteiger charge is -2.30. The van der Waals surface area contributed by atoms with Gasteiger partial charge in [-0.2, -0.15) is 0 Å². The van der Waals surface area contributed by atoms with Gasteiger partial charge in [-0.3, -0.25) is 4.79 Å². The lowest BCUT2D eigenvalue weighted by molar-refractivity contribution is -0.136. The smallest absolute Gasteiger partial charge is 0.226 e. The highest BCUT2D eigenvalue weighted by molar-refractivity contribution is 5.85. The summed E-state index contributed by atoms with van der Waals surface area (Å²) in [6, 6.07) is 0.994. The highest BCUT2D eigenvalue weighted by atomic mass is 35.5. The predicted molar refractivity (Wildman–Crippen MR) is 79.5 cm³/mol. The average Bonchev–Trinajstić information content (AvgIpc) is 2.93. The largest absolute Gasteiger partial charge is 0.337 e. The first kappa shape index (κ1) is 15.1. The molecule has 1 amide bonds. The lowest BCUT2D eigenvalue weighted by Crippen LogP contribution is -2.42. The van der Waals surface area contributed by atoms with Crippen LogP contribution in [0.5, 0.6) is 0 Å². The molecule has 2 aliphatic heterocycles. The van der Waals surface area contributed by atoms with E-state index in [4.69, 9.17) is 0 Å². The Morgan fingerprint density at radius 1 is 1.32 bits per heavy atom. The number of carbonyl (C=O) groups is 1. The Hall–Kier alpha value is -0.280. The van der Waals surface area contributed by atoms with Crippen LogP contribution in [0.2, 0.25) is 0 Å². The van der Waals surface area contributed by atoms with Gasteiger partial charge in [0.1, 0.15) is 0 Å². The summed E-state index contributed by atoms with van der Waals surface area (Å²) in [6.07, 6.45) is 7.12. The fraction of sp³-hybridized carbons (Fsp3) is 0.933. The van der Waals surface area contributed by atoms with Crippen molar-refractivity contribution < 1.29 is 4.79 Å². The second-order valence-electron chi connectivity index (χ2n) is 6.60. The van der Waals surface area contributed by atoms with Gasteiger partial charge in [0.2, 0.25) is 5.91 Å². The van der Waals surface area contributed by atoms with Crippen LogP contribution in [0.15, 0.2) is 0 Å². The number of amides is 1. The van der Waals surface area contributed by atoms with E-state index in [0.29, 0.717) is 29.3 Å². The molecule has 19 heavy (non-hydrogen) atoms. The maximum atomic E-state index is 12.8. The van der Waals surface area contributed by atoms with Gasteiger partial charge in [-0.15, -0.1) is 12.4 Å². The molecular formula is C15H27ClN2O. The van der Waals surface area contributed by atoms with E-state index in [-0.39, 0.29) is 12.4 Å². The van der Waals surface area contributed by atoms with E-state index in [0.717, 1.165) is 25.9 Å². The molecule has 3 rings (SSSR count). The zero-order valence-electron chi connectivity index (χ0n) is 12.2. The number of likely N-dealkylation sites (tertiary alicyclic amines) is 1. The molecule has 3 nitrogen and oxygen atoms in total. The van der Waals surface area contributed by atoms with Crippen molar-refractivity contribution in [1.82, 2.24) is 10.2 Å². The molecule has 3 atom stereocenters. The van der Waals surface area contributed by atoms with Crippen LogP contribution in [0, 0.1) is 11.3 Å².